The molecule has 2 aromatic rings. The molecule has 0 amide bonds. The molecule has 0 aliphatic carbocycles. The SMILES string of the molecule is CCC(CC)C(O)c1cc(C)nc2ccccc12. The van der Waals surface area contributed by atoms with Crippen molar-refractivity contribution in [1.82, 2.24) is 4.98 Å². The van der Waals surface area contributed by atoms with Crippen molar-refractivity contribution in [3.05, 3.63) is 41.6 Å². The maximum atomic E-state index is 10.6. The summed E-state index contributed by atoms with van der Waals surface area (Å²) in [5.41, 5.74) is 2.96. The minimum Gasteiger partial charge on any atom is -0.388 e. The number of aliphatic hydroxyl groups excluding tert-OH is 1. The fourth-order valence-corrected chi connectivity index (χ4v) is 2.57. The molecule has 2 heteroatoms. The van der Waals surface area contributed by atoms with E-state index in [0.29, 0.717) is 5.92 Å². The summed E-state index contributed by atoms with van der Waals surface area (Å²) in [6.45, 7) is 6.25. The van der Waals surface area contributed by atoms with E-state index in [0.717, 1.165) is 35.0 Å². The Balaban J connectivity index is 2.55. The van der Waals surface area contributed by atoms with Crippen molar-refractivity contribution >= 4 is 10.9 Å². The van der Waals surface area contributed by atoms with Crippen LogP contribution in [0.4, 0.5) is 0 Å². The average Bonchev–Trinajstić information content (AvgIpc) is 2.39. The Hall–Kier alpha value is -1.41. The summed E-state index contributed by atoms with van der Waals surface area (Å²) >= 11 is 0. The number of aromatic nitrogens is 1. The van der Waals surface area contributed by atoms with E-state index in [1.807, 2.05) is 37.3 Å². The van der Waals surface area contributed by atoms with Gasteiger partial charge in [-0.05, 0) is 30.5 Å². The van der Waals surface area contributed by atoms with Crippen LogP contribution in [-0.2, 0) is 0 Å². The number of benzene rings is 1. The molecule has 1 aromatic heterocycles. The van der Waals surface area contributed by atoms with Crippen molar-refractivity contribution < 1.29 is 5.11 Å². The van der Waals surface area contributed by atoms with Gasteiger partial charge in [0.05, 0.1) is 11.6 Å². The van der Waals surface area contributed by atoms with E-state index in [2.05, 4.69) is 18.8 Å². The molecule has 2 nitrogen and oxygen atoms in total. The van der Waals surface area contributed by atoms with Gasteiger partial charge < -0.3 is 5.11 Å². The number of fused-ring (bicyclic) bond motifs is 1. The van der Waals surface area contributed by atoms with Crippen LogP contribution in [0.25, 0.3) is 10.9 Å². The molecule has 1 aromatic carbocycles. The van der Waals surface area contributed by atoms with Crippen molar-refractivity contribution in [3.63, 3.8) is 0 Å². The zero-order valence-electron chi connectivity index (χ0n) is 11.4. The second-order valence-corrected chi connectivity index (χ2v) is 4.89. The molecule has 18 heavy (non-hydrogen) atoms. The number of hydrogen-bond acceptors (Lipinski definition) is 2. The van der Waals surface area contributed by atoms with Crippen LogP contribution in [-0.4, -0.2) is 10.1 Å². The highest BCUT2D eigenvalue weighted by molar-refractivity contribution is 5.82. The normalized spacial score (nSPS) is 13.2. The number of aryl methyl sites for hydroxylation is 1. The van der Waals surface area contributed by atoms with Crippen LogP contribution in [0.15, 0.2) is 30.3 Å². The van der Waals surface area contributed by atoms with Crippen LogP contribution in [0, 0.1) is 12.8 Å². The van der Waals surface area contributed by atoms with Crippen LogP contribution in [0.3, 0.4) is 0 Å². The monoisotopic (exact) mass is 243 g/mol. The minimum atomic E-state index is -0.397. The lowest BCUT2D eigenvalue weighted by molar-refractivity contribution is 0.104. The zero-order chi connectivity index (χ0) is 13.1. The van der Waals surface area contributed by atoms with Gasteiger partial charge in [-0.3, -0.25) is 4.98 Å². The van der Waals surface area contributed by atoms with Crippen molar-refractivity contribution in [2.24, 2.45) is 5.92 Å². The lowest BCUT2D eigenvalue weighted by atomic mass is 9.89. The first kappa shape index (κ1) is 13.0. The highest BCUT2D eigenvalue weighted by atomic mass is 16.3. The molecule has 1 heterocycles. The number of rotatable bonds is 4. The molecule has 0 bridgehead atoms. The third-order valence-electron chi connectivity index (χ3n) is 3.69. The number of pyridine rings is 1. The Kier molecular flexibility index (Phi) is 3.97. The molecule has 1 N–H and O–H groups in total. The molecule has 96 valence electrons. The zero-order valence-corrected chi connectivity index (χ0v) is 11.4. The number of aliphatic hydroxyl groups is 1. The average molecular weight is 243 g/mol. The molecule has 1 unspecified atom stereocenters. The van der Waals surface area contributed by atoms with E-state index in [1.165, 1.54) is 0 Å². The third-order valence-corrected chi connectivity index (χ3v) is 3.69. The summed E-state index contributed by atoms with van der Waals surface area (Å²) in [6.07, 6.45) is 1.59. The van der Waals surface area contributed by atoms with Gasteiger partial charge in [0.2, 0.25) is 0 Å². The van der Waals surface area contributed by atoms with Gasteiger partial charge in [-0.2, -0.15) is 0 Å². The van der Waals surface area contributed by atoms with Crippen LogP contribution in [0.1, 0.15) is 44.1 Å². The van der Waals surface area contributed by atoms with E-state index >= 15 is 0 Å². The molecule has 0 saturated carbocycles. The third kappa shape index (κ3) is 2.39. The van der Waals surface area contributed by atoms with Gasteiger partial charge in [-0.15, -0.1) is 0 Å². The molecule has 0 aliphatic heterocycles. The van der Waals surface area contributed by atoms with Gasteiger partial charge in [0, 0.05) is 11.1 Å². The Morgan fingerprint density at radius 1 is 1.17 bits per heavy atom. The van der Waals surface area contributed by atoms with Crippen LogP contribution >= 0.6 is 0 Å². The Morgan fingerprint density at radius 2 is 1.83 bits per heavy atom. The summed E-state index contributed by atoms with van der Waals surface area (Å²) in [4.78, 5) is 4.52. The van der Waals surface area contributed by atoms with Gasteiger partial charge in [-0.1, -0.05) is 44.9 Å². The van der Waals surface area contributed by atoms with Crippen LogP contribution in [0.5, 0.6) is 0 Å². The molecular weight excluding hydrogens is 222 g/mol. The van der Waals surface area contributed by atoms with E-state index in [4.69, 9.17) is 0 Å². The van der Waals surface area contributed by atoms with E-state index in [9.17, 15) is 5.11 Å². The number of hydrogen-bond donors (Lipinski definition) is 1. The summed E-state index contributed by atoms with van der Waals surface area (Å²) in [6, 6.07) is 10.1. The molecule has 2 rings (SSSR count). The Labute approximate surface area is 109 Å². The standard InChI is InChI=1S/C16H21NO/c1-4-12(5-2)16(18)14-10-11(3)17-15-9-7-6-8-13(14)15/h6-10,12,16,18H,4-5H2,1-3H3. The lowest BCUT2D eigenvalue weighted by Gasteiger charge is -2.22. The largest absolute Gasteiger partial charge is 0.388 e. The first-order valence-electron chi connectivity index (χ1n) is 6.71. The van der Waals surface area contributed by atoms with Crippen LogP contribution < -0.4 is 0 Å². The quantitative estimate of drug-likeness (QED) is 0.880. The van der Waals surface area contributed by atoms with E-state index in [-0.39, 0.29) is 0 Å². The smallest absolute Gasteiger partial charge is 0.0825 e. The molecule has 1 atom stereocenters. The Morgan fingerprint density at radius 3 is 2.50 bits per heavy atom. The highest BCUT2D eigenvalue weighted by Gasteiger charge is 2.20. The molecular formula is C16H21NO. The summed E-state index contributed by atoms with van der Waals surface area (Å²) in [7, 11) is 0. The maximum Gasteiger partial charge on any atom is 0.0825 e. The molecule has 0 radical (unpaired) electrons. The maximum absolute atomic E-state index is 10.6. The number of para-hydroxylation sites is 1. The van der Waals surface area contributed by atoms with E-state index < -0.39 is 6.10 Å². The lowest BCUT2D eigenvalue weighted by Crippen LogP contribution is -2.12. The van der Waals surface area contributed by atoms with Gasteiger partial charge in [0.1, 0.15) is 0 Å². The molecule has 0 aliphatic rings. The predicted molar refractivity (Wildman–Crippen MR) is 75.5 cm³/mol. The fourth-order valence-electron chi connectivity index (χ4n) is 2.57. The van der Waals surface area contributed by atoms with Gasteiger partial charge >= 0.3 is 0 Å². The molecule has 0 fully saturated rings. The predicted octanol–water partition coefficient (Wildman–Crippen LogP) is 4.01. The number of nitrogens with zero attached hydrogens (tertiary/aromatic N) is 1. The summed E-state index contributed by atoms with van der Waals surface area (Å²) < 4.78 is 0. The van der Waals surface area contributed by atoms with Crippen molar-refractivity contribution in [3.8, 4) is 0 Å². The van der Waals surface area contributed by atoms with Gasteiger partial charge in [0.15, 0.2) is 0 Å². The molecule has 0 saturated heterocycles. The first-order valence-corrected chi connectivity index (χ1v) is 6.71. The first-order chi connectivity index (χ1) is 8.67. The topological polar surface area (TPSA) is 33.1 Å². The van der Waals surface area contributed by atoms with Crippen LogP contribution in [0.2, 0.25) is 0 Å². The minimum absolute atomic E-state index is 0.315. The van der Waals surface area contributed by atoms with E-state index in [1.54, 1.807) is 0 Å². The van der Waals surface area contributed by atoms with Crippen molar-refractivity contribution in [2.45, 2.75) is 39.7 Å². The Bertz CT molecular complexity index is 532. The second-order valence-electron chi connectivity index (χ2n) is 4.89. The fraction of sp³-hybridized carbons (Fsp3) is 0.438. The second kappa shape index (κ2) is 5.49. The van der Waals surface area contributed by atoms with Crippen molar-refractivity contribution in [1.29, 1.82) is 0 Å². The van der Waals surface area contributed by atoms with Gasteiger partial charge in [0.25, 0.3) is 0 Å². The molecule has 0 spiro atoms. The summed E-state index contributed by atoms with van der Waals surface area (Å²) in [5.74, 6) is 0.315. The van der Waals surface area contributed by atoms with Gasteiger partial charge in [-0.25, -0.2) is 0 Å². The highest BCUT2D eigenvalue weighted by Crippen LogP contribution is 2.32. The van der Waals surface area contributed by atoms with Crippen molar-refractivity contribution in [2.75, 3.05) is 0 Å². The summed E-state index contributed by atoms with van der Waals surface area (Å²) in [5, 5.41) is 11.6.